The monoisotopic (exact) mass is 227 g/mol. The molecule has 2 atom stereocenters. The van der Waals surface area contributed by atoms with Crippen molar-refractivity contribution in [2.45, 2.75) is 46.2 Å². The lowest BCUT2D eigenvalue weighted by Gasteiger charge is -2.38. The fourth-order valence-electron chi connectivity index (χ4n) is 2.61. The molecule has 0 saturated carbocycles. The molecule has 1 fully saturated rings. The maximum atomic E-state index is 3.50. The lowest BCUT2D eigenvalue weighted by atomic mass is 10.1. The zero-order chi connectivity index (χ0) is 12.0. The second-order valence-electron chi connectivity index (χ2n) is 5.01. The van der Waals surface area contributed by atoms with Crippen LogP contribution in [-0.2, 0) is 0 Å². The van der Waals surface area contributed by atoms with Gasteiger partial charge in [0, 0.05) is 38.3 Å². The van der Waals surface area contributed by atoms with Crippen LogP contribution in [0.4, 0.5) is 0 Å². The minimum Gasteiger partial charge on any atom is -0.314 e. The molecule has 0 aromatic carbocycles. The highest BCUT2D eigenvalue weighted by Gasteiger charge is 2.21. The van der Waals surface area contributed by atoms with E-state index in [4.69, 9.17) is 0 Å². The Kier molecular flexibility index (Phi) is 6.32. The van der Waals surface area contributed by atoms with Crippen LogP contribution in [0, 0.1) is 0 Å². The van der Waals surface area contributed by atoms with Gasteiger partial charge in [-0.2, -0.15) is 0 Å². The van der Waals surface area contributed by atoms with E-state index in [1.54, 1.807) is 0 Å². The van der Waals surface area contributed by atoms with Crippen LogP contribution in [0.5, 0.6) is 0 Å². The van der Waals surface area contributed by atoms with Gasteiger partial charge >= 0.3 is 0 Å². The van der Waals surface area contributed by atoms with Crippen molar-refractivity contribution < 1.29 is 0 Å². The van der Waals surface area contributed by atoms with Crippen LogP contribution in [0.1, 0.15) is 34.1 Å². The largest absolute Gasteiger partial charge is 0.314 e. The van der Waals surface area contributed by atoms with E-state index in [1.165, 1.54) is 39.1 Å². The highest BCUT2D eigenvalue weighted by molar-refractivity contribution is 4.78. The molecular formula is C13H29N3. The van der Waals surface area contributed by atoms with Crippen LogP contribution in [0.25, 0.3) is 0 Å². The molecule has 0 aromatic rings. The average molecular weight is 227 g/mol. The van der Waals surface area contributed by atoms with Gasteiger partial charge in [-0.25, -0.2) is 0 Å². The van der Waals surface area contributed by atoms with Gasteiger partial charge in [-0.15, -0.1) is 0 Å². The molecule has 0 spiro atoms. The molecule has 1 heterocycles. The van der Waals surface area contributed by atoms with Gasteiger partial charge in [0.1, 0.15) is 0 Å². The van der Waals surface area contributed by atoms with Crippen LogP contribution in [0.3, 0.4) is 0 Å². The van der Waals surface area contributed by atoms with Crippen LogP contribution in [-0.4, -0.2) is 61.2 Å². The summed E-state index contributed by atoms with van der Waals surface area (Å²) in [7, 11) is 0. The Labute approximate surface area is 101 Å². The third-order valence-corrected chi connectivity index (χ3v) is 3.72. The molecule has 0 aliphatic carbocycles. The molecule has 16 heavy (non-hydrogen) atoms. The Bertz CT molecular complexity index is 176. The number of nitrogens with zero attached hydrogens (tertiary/aromatic N) is 2. The van der Waals surface area contributed by atoms with E-state index in [1.807, 2.05) is 0 Å². The summed E-state index contributed by atoms with van der Waals surface area (Å²) in [5.74, 6) is 0. The molecule has 1 aliphatic rings. The smallest absolute Gasteiger partial charge is 0.0113 e. The normalized spacial score (nSPS) is 23.2. The standard InChI is InChI=1S/C13H29N3/c1-5-14-12(3)11-13(4)16-9-7-15(6-2)8-10-16/h12-14H,5-11H2,1-4H3. The summed E-state index contributed by atoms with van der Waals surface area (Å²) in [4.78, 5) is 5.18. The number of rotatable bonds is 6. The number of likely N-dealkylation sites (N-methyl/N-ethyl adjacent to an activating group) is 1. The first-order valence-corrected chi connectivity index (χ1v) is 6.87. The van der Waals surface area contributed by atoms with Crippen molar-refractivity contribution in [3.63, 3.8) is 0 Å². The third kappa shape index (κ3) is 4.40. The third-order valence-electron chi connectivity index (χ3n) is 3.72. The summed E-state index contributed by atoms with van der Waals surface area (Å²) >= 11 is 0. The van der Waals surface area contributed by atoms with Gasteiger partial charge in [-0.3, -0.25) is 4.90 Å². The molecule has 2 unspecified atom stereocenters. The highest BCUT2D eigenvalue weighted by Crippen LogP contribution is 2.10. The highest BCUT2D eigenvalue weighted by atomic mass is 15.3. The van der Waals surface area contributed by atoms with E-state index in [0.717, 1.165) is 6.54 Å². The number of hydrogen-bond donors (Lipinski definition) is 1. The van der Waals surface area contributed by atoms with Crippen molar-refractivity contribution >= 4 is 0 Å². The predicted molar refractivity (Wildman–Crippen MR) is 70.9 cm³/mol. The molecule has 1 aliphatic heterocycles. The van der Waals surface area contributed by atoms with Gasteiger partial charge < -0.3 is 10.2 Å². The Hall–Kier alpha value is -0.120. The first kappa shape index (κ1) is 13.9. The molecule has 0 bridgehead atoms. The maximum Gasteiger partial charge on any atom is 0.0113 e. The minimum absolute atomic E-state index is 0.643. The van der Waals surface area contributed by atoms with Crippen molar-refractivity contribution in [3.8, 4) is 0 Å². The van der Waals surface area contributed by atoms with Gasteiger partial charge in [-0.1, -0.05) is 13.8 Å². The quantitative estimate of drug-likeness (QED) is 0.740. The van der Waals surface area contributed by atoms with Crippen molar-refractivity contribution in [3.05, 3.63) is 0 Å². The topological polar surface area (TPSA) is 18.5 Å². The molecule has 0 radical (unpaired) electrons. The molecular weight excluding hydrogens is 198 g/mol. The molecule has 96 valence electrons. The molecule has 0 amide bonds. The molecule has 1 N–H and O–H groups in total. The molecule has 1 saturated heterocycles. The second kappa shape index (κ2) is 7.25. The van der Waals surface area contributed by atoms with E-state index < -0.39 is 0 Å². The Morgan fingerprint density at radius 3 is 2.19 bits per heavy atom. The average Bonchev–Trinajstić information content (AvgIpc) is 2.29. The van der Waals surface area contributed by atoms with Crippen molar-refractivity contribution in [2.24, 2.45) is 0 Å². The fourth-order valence-corrected chi connectivity index (χ4v) is 2.61. The zero-order valence-electron chi connectivity index (χ0n) is 11.5. The maximum absolute atomic E-state index is 3.50. The predicted octanol–water partition coefficient (Wildman–Crippen LogP) is 1.40. The first-order chi connectivity index (χ1) is 7.67. The molecule has 0 aromatic heterocycles. The van der Waals surface area contributed by atoms with Crippen LogP contribution in [0.2, 0.25) is 0 Å². The SMILES string of the molecule is CCNC(C)CC(C)N1CCN(CC)CC1. The molecule has 1 rings (SSSR count). The van der Waals surface area contributed by atoms with Gasteiger partial charge in [-0.05, 0) is 33.4 Å². The second-order valence-corrected chi connectivity index (χ2v) is 5.01. The minimum atomic E-state index is 0.643. The van der Waals surface area contributed by atoms with Crippen LogP contribution < -0.4 is 5.32 Å². The van der Waals surface area contributed by atoms with Gasteiger partial charge in [0.05, 0.1) is 0 Å². The van der Waals surface area contributed by atoms with Crippen LogP contribution >= 0.6 is 0 Å². The lowest BCUT2D eigenvalue weighted by molar-refractivity contribution is 0.0983. The van der Waals surface area contributed by atoms with Gasteiger partial charge in [0.2, 0.25) is 0 Å². The Balaban J connectivity index is 2.24. The van der Waals surface area contributed by atoms with Crippen molar-refractivity contribution in [1.82, 2.24) is 15.1 Å². The summed E-state index contributed by atoms with van der Waals surface area (Å²) in [5.41, 5.74) is 0. The van der Waals surface area contributed by atoms with E-state index in [-0.39, 0.29) is 0 Å². The Morgan fingerprint density at radius 2 is 1.69 bits per heavy atom. The first-order valence-electron chi connectivity index (χ1n) is 6.87. The zero-order valence-corrected chi connectivity index (χ0v) is 11.5. The van der Waals surface area contributed by atoms with Gasteiger partial charge in [0.25, 0.3) is 0 Å². The van der Waals surface area contributed by atoms with E-state index in [2.05, 4.69) is 42.8 Å². The van der Waals surface area contributed by atoms with Crippen molar-refractivity contribution in [2.75, 3.05) is 39.3 Å². The number of nitrogens with one attached hydrogen (secondary N) is 1. The Morgan fingerprint density at radius 1 is 1.06 bits per heavy atom. The van der Waals surface area contributed by atoms with Crippen LogP contribution in [0.15, 0.2) is 0 Å². The molecule has 3 nitrogen and oxygen atoms in total. The van der Waals surface area contributed by atoms with Crippen molar-refractivity contribution in [1.29, 1.82) is 0 Å². The molecule has 3 heteroatoms. The lowest BCUT2D eigenvalue weighted by Crippen LogP contribution is -2.50. The summed E-state index contributed by atoms with van der Waals surface area (Å²) in [6.07, 6.45) is 1.26. The number of hydrogen-bond acceptors (Lipinski definition) is 3. The van der Waals surface area contributed by atoms with E-state index in [9.17, 15) is 0 Å². The summed E-state index contributed by atoms with van der Waals surface area (Å²) in [6.45, 7) is 16.4. The van der Waals surface area contributed by atoms with Gasteiger partial charge in [0.15, 0.2) is 0 Å². The summed E-state index contributed by atoms with van der Waals surface area (Å²) in [6, 6.07) is 1.36. The van der Waals surface area contributed by atoms with E-state index in [0.29, 0.717) is 12.1 Å². The number of piperazine rings is 1. The van der Waals surface area contributed by atoms with E-state index >= 15 is 0 Å². The fraction of sp³-hybridized carbons (Fsp3) is 1.00. The summed E-state index contributed by atoms with van der Waals surface area (Å²) < 4.78 is 0. The summed E-state index contributed by atoms with van der Waals surface area (Å²) in [5, 5.41) is 3.50.